The molecule has 1 fully saturated rings. The van der Waals surface area contributed by atoms with Crippen LogP contribution in [0.25, 0.3) is 0 Å². The molecule has 1 amide bonds. The summed E-state index contributed by atoms with van der Waals surface area (Å²) >= 11 is 0. The van der Waals surface area contributed by atoms with Gasteiger partial charge in [0.1, 0.15) is 0 Å². The van der Waals surface area contributed by atoms with Crippen LogP contribution in [0.15, 0.2) is 0 Å². The molecule has 20 heavy (non-hydrogen) atoms. The number of unbranched alkanes of at least 4 members (excludes halogenated alkanes) is 1. The normalized spacial score (nSPS) is 24.4. The van der Waals surface area contributed by atoms with Crippen molar-refractivity contribution in [3.05, 3.63) is 0 Å². The van der Waals surface area contributed by atoms with Crippen molar-refractivity contribution in [1.82, 2.24) is 5.32 Å². The average Bonchev–Trinajstić information content (AvgIpc) is 2.47. The summed E-state index contributed by atoms with van der Waals surface area (Å²) < 4.78 is 0. The second-order valence-corrected chi connectivity index (χ2v) is 6.54. The molecule has 0 bridgehead atoms. The molecule has 0 saturated heterocycles. The molecule has 1 saturated carbocycles. The topological polar surface area (TPSA) is 55.1 Å². The fraction of sp³-hybridized carbons (Fsp3) is 0.941. The summed E-state index contributed by atoms with van der Waals surface area (Å²) in [7, 11) is 0. The van der Waals surface area contributed by atoms with Gasteiger partial charge < -0.3 is 11.1 Å². The predicted molar refractivity (Wildman–Crippen MR) is 85.5 cm³/mol. The number of nitrogens with two attached hydrogens (primary N) is 1. The van der Waals surface area contributed by atoms with Crippen molar-refractivity contribution in [1.29, 1.82) is 0 Å². The monoisotopic (exact) mass is 282 g/mol. The van der Waals surface area contributed by atoms with E-state index in [1.54, 1.807) is 0 Å². The van der Waals surface area contributed by atoms with Crippen molar-refractivity contribution in [3.8, 4) is 0 Å². The third kappa shape index (κ3) is 7.28. The Morgan fingerprint density at radius 2 is 1.95 bits per heavy atom. The van der Waals surface area contributed by atoms with E-state index in [2.05, 4.69) is 19.2 Å². The van der Waals surface area contributed by atoms with Gasteiger partial charge in [-0.2, -0.15) is 0 Å². The Bertz CT molecular complexity index is 249. The molecule has 0 aromatic carbocycles. The number of amides is 1. The number of hydrogen-bond acceptors (Lipinski definition) is 2. The van der Waals surface area contributed by atoms with Gasteiger partial charge in [-0.1, -0.05) is 33.1 Å². The Balaban J connectivity index is 2.10. The highest BCUT2D eigenvalue weighted by Crippen LogP contribution is 2.26. The van der Waals surface area contributed by atoms with E-state index < -0.39 is 0 Å². The Morgan fingerprint density at radius 3 is 2.55 bits per heavy atom. The fourth-order valence-electron chi connectivity index (χ4n) is 3.10. The van der Waals surface area contributed by atoms with Crippen LogP contribution in [0.2, 0.25) is 0 Å². The first kappa shape index (κ1) is 17.5. The molecule has 0 aliphatic heterocycles. The summed E-state index contributed by atoms with van der Waals surface area (Å²) in [5.74, 6) is 1.63. The standard InChI is InChI=1S/C17H34N2O/c1-3-5-6-14(4-2)13-19-17(20)12-9-15-7-10-16(18)11-8-15/h14-16H,3-13,18H2,1-2H3,(H,19,20). The molecule has 0 heterocycles. The van der Waals surface area contributed by atoms with Crippen molar-refractivity contribution in [2.75, 3.05) is 6.54 Å². The average molecular weight is 282 g/mol. The number of hydrogen-bond donors (Lipinski definition) is 2. The second-order valence-electron chi connectivity index (χ2n) is 6.54. The maximum atomic E-state index is 11.9. The smallest absolute Gasteiger partial charge is 0.220 e. The molecule has 118 valence electrons. The molecule has 1 rings (SSSR count). The van der Waals surface area contributed by atoms with E-state index in [4.69, 9.17) is 5.73 Å². The quantitative estimate of drug-likeness (QED) is 0.678. The zero-order valence-electron chi connectivity index (χ0n) is 13.5. The molecule has 3 N–H and O–H groups in total. The van der Waals surface area contributed by atoms with E-state index >= 15 is 0 Å². The predicted octanol–water partition coefficient (Wildman–Crippen LogP) is 3.62. The third-order valence-electron chi connectivity index (χ3n) is 4.80. The molecule has 0 radical (unpaired) electrons. The van der Waals surface area contributed by atoms with Crippen molar-refractivity contribution in [2.24, 2.45) is 17.6 Å². The number of carbonyl (C=O) groups excluding carboxylic acids is 1. The van der Waals surface area contributed by atoms with E-state index in [0.717, 1.165) is 31.7 Å². The van der Waals surface area contributed by atoms with Crippen LogP contribution in [-0.2, 0) is 4.79 Å². The van der Waals surface area contributed by atoms with Gasteiger partial charge >= 0.3 is 0 Å². The lowest BCUT2D eigenvalue weighted by Crippen LogP contribution is -2.30. The zero-order chi connectivity index (χ0) is 14.8. The van der Waals surface area contributed by atoms with Gasteiger partial charge in [-0.05, 0) is 50.4 Å². The van der Waals surface area contributed by atoms with Crippen molar-refractivity contribution >= 4 is 5.91 Å². The van der Waals surface area contributed by atoms with Gasteiger partial charge in [-0.25, -0.2) is 0 Å². The molecule has 0 spiro atoms. The van der Waals surface area contributed by atoms with E-state index in [9.17, 15) is 4.79 Å². The maximum Gasteiger partial charge on any atom is 0.220 e. The van der Waals surface area contributed by atoms with Crippen molar-refractivity contribution in [2.45, 2.75) is 84.1 Å². The first-order valence-electron chi connectivity index (χ1n) is 8.67. The maximum absolute atomic E-state index is 11.9. The SMILES string of the molecule is CCCCC(CC)CNC(=O)CCC1CCC(N)CC1. The molecule has 0 aromatic heterocycles. The molecule has 0 aromatic rings. The lowest BCUT2D eigenvalue weighted by atomic mass is 9.84. The fourth-order valence-corrected chi connectivity index (χ4v) is 3.10. The van der Waals surface area contributed by atoms with Gasteiger partial charge in [0.05, 0.1) is 0 Å². The molecular weight excluding hydrogens is 248 g/mol. The molecular formula is C17H34N2O. The van der Waals surface area contributed by atoms with Gasteiger partial charge in [-0.3, -0.25) is 4.79 Å². The molecule has 1 aliphatic carbocycles. The lowest BCUT2D eigenvalue weighted by Gasteiger charge is -2.25. The van der Waals surface area contributed by atoms with Crippen molar-refractivity contribution < 1.29 is 4.79 Å². The minimum Gasteiger partial charge on any atom is -0.356 e. The summed E-state index contributed by atoms with van der Waals surface area (Å²) in [6.07, 6.45) is 11.4. The minimum atomic E-state index is 0.245. The first-order chi connectivity index (χ1) is 9.65. The van der Waals surface area contributed by atoms with Gasteiger partial charge in [0, 0.05) is 19.0 Å². The highest BCUT2D eigenvalue weighted by Gasteiger charge is 2.19. The summed E-state index contributed by atoms with van der Waals surface area (Å²) in [5, 5.41) is 3.13. The van der Waals surface area contributed by atoms with Gasteiger partial charge in [0.25, 0.3) is 0 Å². The Labute approximate surface area is 125 Å². The summed E-state index contributed by atoms with van der Waals surface area (Å²) in [6.45, 7) is 5.31. The Morgan fingerprint density at radius 1 is 1.25 bits per heavy atom. The molecule has 1 aliphatic rings. The third-order valence-corrected chi connectivity index (χ3v) is 4.80. The Kier molecular flexibility index (Phi) is 8.92. The van der Waals surface area contributed by atoms with Crippen LogP contribution in [0.5, 0.6) is 0 Å². The van der Waals surface area contributed by atoms with Crippen LogP contribution in [-0.4, -0.2) is 18.5 Å². The van der Waals surface area contributed by atoms with Crippen LogP contribution < -0.4 is 11.1 Å². The van der Waals surface area contributed by atoms with Gasteiger partial charge in [-0.15, -0.1) is 0 Å². The molecule has 1 atom stereocenters. The molecule has 3 heteroatoms. The highest BCUT2D eigenvalue weighted by atomic mass is 16.1. The number of carbonyl (C=O) groups is 1. The van der Waals surface area contributed by atoms with Crippen LogP contribution in [0.3, 0.4) is 0 Å². The van der Waals surface area contributed by atoms with Crippen LogP contribution in [0.1, 0.15) is 78.1 Å². The number of rotatable bonds is 9. The number of nitrogens with one attached hydrogen (secondary N) is 1. The molecule has 1 unspecified atom stereocenters. The summed E-state index contributed by atoms with van der Waals surface area (Å²) in [4.78, 5) is 11.9. The Hall–Kier alpha value is -0.570. The van der Waals surface area contributed by atoms with Crippen LogP contribution in [0.4, 0.5) is 0 Å². The van der Waals surface area contributed by atoms with E-state index in [1.807, 2.05) is 0 Å². The first-order valence-corrected chi connectivity index (χ1v) is 8.67. The zero-order valence-corrected chi connectivity index (χ0v) is 13.5. The summed E-state index contributed by atoms with van der Waals surface area (Å²) in [5.41, 5.74) is 5.91. The van der Waals surface area contributed by atoms with E-state index in [-0.39, 0.29) is 5.91 Å². The largest absolute Gasteiger partial charge is 0.356 e. The van der Waals surface area contributed by atoms with Crippen molar-refractivity contribution in [3.63, 3.8) is 0 Å². The second kappa shape index (κ2) is 10.2. The minimum absolute atomic E-state index is 0.245. The highest BCUT2D eigenvalue weighted by molar-refractivity contribution is 5.75. The molecule has 3 nitrogen and oxygen atoms in total. The lowest BCUT2D eigenvalue weighted by molar-refractivity contribution is -0.121. The summed E-state index contributed by atoms with van der Waals surface area (Å²) in [6, 6.07) is 0.406. The van der Waals surface area contributed by atoms with E-state index in [0.29, 0.717) is 18.4 Å². The van der Waals surface area contributed by atoms with Gasteiger partial charge in [0.15, 0.2) is 0 Å². The van der Waals surface area contributed by atoms with Gasteiger partial charge in [0.2, 0.25) is 5.91 Å². The van der Waals surface area contributed by atoms with E-state index in [1.165, 1.54) is 38.5 Å². The van der Waals surface area contributed by atoms with Crippen LogP contribution >= 0.6 is 0 Å². The van der Waals surface area contributed by atoms with Crippen LogP contribution in [0, 0.1) is 11.8 Å².